The van der Waals surface area contributed by atoms with Crippen LogP contribution in [0, 0.1) is 23.7 Å². The highest BCUT2D eigenvalue weighted by molar-refractivity contribution is 5.62. The third-order valence-corrected chi connectivity index (χ3v) is 7.08. The average Bonchev–Trinajstić information content (AvgIpc) is 2.75. The molecule has 168 valence electrons. The van der Waals surface area contributed by atoms with E-state index in [0.29, 0.717) is 50.9 Å². The van der Waals surface area contributed by atoms with Crippen LogP contribution in [0.2, 0.25) is 0 Å². The molecule has 5 heteroatoms. The first-order chi connectivity index (χ1) is 14.4. The molecule has 2 aliphatic rings. The van der Waals surface area contributed by atoms with E-state index < -0.39 is 29.4 Å². The van der Waals surface area contributed by atoms with Crippen molar-refractivity contribution in [2.45, 2.75) is 77.6 Å². The fraction of sp³-hybridized carbons (Fsp3) is 0.680. The molecule has 0 bridgehead atoms. The summed E-state index contributed by atoms with van der Waals surface area (Å²) in [6.45, 7) is 4.34. The summed E-state index contributed by atoms with van der Waals surface area (Å²) in [7, 11) is 0. The highest BCUT2D eigenvalue weighted by atomic mass is 19.3. The minimum absolute atomic E-state index is 0.0112. The predicted octanol–water partition coefficient (Wildman–Crippen LogP) is 8.35. The summed E-state index contributed by atoms with van der Waals surface area (Å²) in [4.78, 5) is 0. The van der Waals surface area contributed by atoms with E-state index in [0.717, 1.165) is 12.8 Å². The van der Waals surface area contributed by atoms with Crippen molar-refractivity contribution in [3.8, 4) is 5.75 Å². The van der Waals surface area contributed by atoms with Gasteiger partial charge in [0.2, 0.25) is 0 Å². The van der Waals surface area contributed by atoms with Gasteiger partial charge in [-0.2, -0.15) is 0 Å². The maximum Gasteiger partial charge on any atom is 0.251 e. The Bertz CT molecular complexity index is 704. The molecule has 2 saturated carbocycles. The molecule has 1 aromatic rings. The van der Waals surface area contributed by atoms with Crippen LogP contribution in [0.3, 0.4) is 0 Å². The fourth-order valence-electron chi connectivity index (χ4n) is 5.38. The average molecular weight is 427 g/mol. The molecule has 1 aromatic carbocycles. The van der Waals surface area contributed by atoms with Gasteiger partial charge < -0.3 is 4.74 Å². The number of benzene rings is 1. The molecular formula is C25H34F4O. The summed E-state index contributed by atoms with van der Waals surface area (Å²) < 4.78 is 63.8. The van der Waals surface area contributed by atoms with Crippen LogP contribution in [0.25, 0.3) is 5.83 Å². The number of ether oxygens (including phenoxy) is 1. The molecule has 0 aromatic heterocycles. The number of alkyl halides is 2. The van der Waals surface area contributed by atoms with Crippen LogP contribution in [0.5, 0.6) is 5.75 Å². The summed E-state index contributed by atoms with van der Waals surface area (Å²) in [6.07, 6.45) is 5.24. The Morgan fingerprint density at radius 1 is 0.933 bits per heavy atom. The van der Waals surface area contributed by atoms with Crippen LogP contribution in [-0.4, -0.2) is 12.5 Å². The quantitative estimate of drug-likeness (QED) is 0.398. The molecule has 2 atom stereocenters. The third kappa shape index (κ3) is 5.39. The van der Waals surface area contributed by atoms with E-state index in [4.69, 9.17) is 4.74 Å². The van der Waals surface area contributed by atoms with Crippen LogP contribution in [-0.2, 0) is 0 Å². The lowest BCUT2D eigenvalue weighted by Crippen LogP contribution is -2.39. The molecule has 0 N–H and O–H groups in total. The third-order valence-electron chi connectivity index (χ3n) is 7.08. The highest BCUT2D eigenvalue weighted by Gasteiger charge is 2.46. The molecular weight excluding hydrogens is 392 g/mol. The Kier molecular flexibility index (Phi) is 7.86. The standard InChI is InChI=1S/C25H34F4O/c1-3-5-21-13-10-20(16-25(21,28)29)17-6-8-18(9-7-17)23(26)24(27)19-11-14-22(15-12-19)30-4-2/h11-12,14-15,17-18,20-21H,3-10,13,16H2,1-2H3/b24-23+. The van der Waals surface area contributed by atoms with Gasteiger partial charge in [0.05, 0.1) is 6.61 Å². The van der Waals surface area contributed by atoms with Crippen molar-refractivity contribution in [2.24, 2.45) is 23.7 Å². The minimum Gasteiger partial charge on any atom is -0.494 e. The van der Waals surface area contributed by atoms with Crippen LogP contribution >= 0.6 is 0 Å². The summed E-state index contributed by atoms with van der Waals surface area (Å²) in [5.41, 5.74) is 0.215. The largest absolute Gasteiger partial charge is 0.494 e. The van der Waals surface area contributed by atoms with E-state index in [9.17, 15) is 17.6 Å². The van der Waals surface area contributed by atoms with Gasteiger partial charge in [0.1, 0.15) is 11.6 Å². The number of hydrogen-bond acceptors (Lipinski definition) is 1. The van der Waals surface area contributed by atoms with E-state index in [1.54, 1.807) is 12.1 Å². The monoisotopic (exact) mass is 426 g/mol. The Morgan fingerprint density at radius 2 is 1.57 bits per heavy atom. The number of halogens is 4. The Morgan fingerprint density at radius 3 is 2.13 bits per heavy atom. The van der Waals surface area contributed by atoms with E-state index >= 15 is 0 Å². The lowest BCUT2D eigenvalue weighted by molar-refractivity contribution is -0.114. The van der Waals surface area contributed by atoms with E-state index in [2.05, 4.69) is 0 Å². The molecule has 0 saturated heterocycles. The van der Waals surface area contributed by atoms with Gasteiger partial charge >= 0.3 is 0 Å². The first-order valence-electron chi connectivity index (χ1n) is 11.5. The van der Waals surface area contributed by atoms with Crippen molar-refractivity contribution in [1.82, 2.24) is 0 Å². The van der Waals surface area contributed by atoms with Crippen LogP contribution in [0.4, 0.5) is 17.6 Å². The fourth-order valence-corrected chi connectivity index (χ4v) is 5.38. The smallest absolute Gasteiger partial charge is 0.251 e. The van der Waals surface area contributed by atoms with Gasteiger partial charge in [-0.3, -0.25) is 0 Å². The van der Waals surface area contributed by atoms with Crippen molar-refractivity contribution in [1.29, 1.82) is 0 Å². The second kappa shape index (κ2) is 10.2. The lowest BCUT2D eigenvalue weighted by atomic mass is 9.67. The molecule has 0 aliphatic heterocycles. The lowest BCUT2D eigenvalue weighted by Gasteiger charge is -2.41. The zero-order chi connectivity index (χ0) is 21.7. The van der Waals surface area contributed by atoms with Gasteiger partial charge in [0, 0.05) is 23.8 Å². The molecule has 0 amide bonds. The van der Waals surface area contributed by atoms with Crippen LogP contribution in [0.1, 0.15) is 77.2 Å². The Labute approximate surface area is 177 Å². The Balaban J connectivity index is 1.57. The normalized spacial score (nSPS) is 29.9. The zero-order valence-corrected chi connectivity index (χ0v) is 18.1. The van der Waals surface area contributed by atoms with Gasteiger partial charge in [0.25, 0.3) is 5.92 Å². The highest BCUT2D eigenvalue weighted by Crippen LogP contribution is 2.49. The molecule has 1 nitrogen and oxygen atoms in total. The first kappa shape index (κ1) is 23.1. The van der Waals surface area contributed by atoms with Crippen molar-refractivity contribution >= 4 is 5.83 Å². The van der Waals surface area contributed by atoms with E-state index in [1.165, 1.54) is 12.1 Å². The summed E-state index contributed by atoms with van der Waals surface area (Å²) in [5.74, 6) is -4.19. The second-order valence-corrected chi connectivity index (χ2v) is 9.02. The van der Waals surface area contributed by atoms with Crippen molar-refractivity contribution in [3.63, 3.8) is 0 Å². The van der Waals surface area contributed by atoms with Crippen LogP contribution < -0.4 is 4.74 Å². The molecule has 0 spiro atoms. The van der Waals surface area contributed by atoms with Gasteiger partial charge in [0.15, 0.2) is 5.83 Å². The Hall–Kier alpha value is -1.52. The number of hydrogen-bond donors (Lipinski definition) is 0. The van der Waals surface area contributed by atoms with Gasteiger partial charge in [-0.1, -0.05) is 13.3 Å². The second-order valence-electron chi connectivity index (χ2n) is 9.02. The maximum absolute atomic E-state index is 14.8. The molecule has 2 unspecified atom stereocenters. The summed E-state index contributed by atoms with van der Waals surface area (Å²) in [5, 5.41) is 0. The zero-order valence-electron chi connectivity index (χ0n) is 18.1. The van der Waals surface area contributed by atoms with E-state index in [-0.39, 0.29) is 23.8 Å². The molecule has 0 radical (unpaired) electrons. The number of allylic oxidation sites excluding steroid dienone is 1. The van der Waals surface area contributed by atoms with Crippen molar-refractivity contribution in [2.75, 3.05) is 6.61 Å². The minimum atomic E-state index is -2.58. The van der Waals surface area contributed by atoms with E-state index in [1.807, 2.05) is 13.8 Å². The molecule has 30 heavy (non-hydrogen) atoms. The predicted molar refractivity (Wildman–Crippen MR) is 113 cm³/mol. The van der Waals surface area contributed by atoms with Crippen molar-refractivity contribution < 1.29 is 22.3 Å². The van der Waals surface area contributed by atoms with Crippen LogP contribution in [0.15, 0.2) is 30.1 Å². The van der Waals surface area contributed by atoms with Gasteiger partial charge in [-0.15, -0.1) is 0 Å². The molecule has 2 aliphatic carbocycles. The topological polar surface area (TPSA) is 9.23 Å². The maximum atomic E-state index is 14.8. The summed E-state index contributed by atoms with van der Waals surface area (Å²) in [6, 6.07) is 6.33. The molecule has 3 rings (SSSR count). The van der Waals surface area contributed by atoms with Gasteiger partial charge in [-0.05, 0) is 88.0 Å². The van der Waals surface area contributed by atoms with Crippen molar-refractivity contribution in [3.05, 3.63) is 35.7 Å². The SMILES string of the molecule is CCCC1CCC(C2CCC(/C(F)=C(\F)c3ccc(OCC)cc3)CC2)CC1(F)F. The number of rotatable bonds is 7. The molecule has 2 fully saturated rings. The summed E-state index contributed by atoms with van der Waals surface area (Å²) >= 11 is 0. The van der Waals surface area contributed by atoms with Gasteiger partial charge in [-0.25, -0.2) is 17.6 Å². The molecule has 0 heterocycles. The first-order valence-corrected chi connectivity index (χ1v) is 11.5.